The van der Waals surface area contributed by atoms with Crippen molar-refractivity contribution in [3.05, 3.63) is 89.9 Å². The highest BCUT2D eigenvalue weighted by Crippen LogP contribution is 2.26. The zero-order valence-electron chi connectivity index (χ0n) is 19.9. The van der Waals surface area contributed by atoms with E-state index in [2.05, 4.69) is 31.9 Å². The number of thioether (sulfide) groups is 1. The van der Waals surface area contributed by atoms with Gasteiger partial charge in [-0.05, 0) is 45.4 Å². The number of hydrogen-bond acceptors (Lipinski definition) is 6. The van der Waals surface area contributed by atoms with Crippen LogP contribution in [0.1, 0.15) is 55.5 Å². The lowest BCUT2D eigenvalue weighted by atomic mass is 10.1. The zero-order chi connectivity index (χ0) is 24.1. The molecule has 0 bridgehead atoms. The normalized spacial score (nSPS) is 11.4. The van der Waals surface area contributed by atoms with E-state index in [1.807, 2.05) is 76.2 Å². The van der Waals surface area contributed by atoms with Gasteiger partial charge < -0.3 is 9.32 Å². The van der Waals surface area contributed by atoms with Crippen LogP contribution in [0.25, 0.3) is 5.69 Å². The molecule has 2 aromatic heterocycles. The fourth-order valence-corrected chi connectivity index (χ4v) is 4.75. The SMILES string of the molecule is CC(C)N(C(=O)c1coc(CSc2nnc(Cc3ccccc3)n2-c2ccccc2)n1)C(C)C. The second-order valence-electron chi connectivity index (χ2n) is 8.55. The molecule has 0 unspecified atom stereocenters. The molecular formula is C26H29N5O2S. The second-order valence-corrected chi connectivity index (χ2v) is 9.49. The molecule has 0 aliphatic carbocycles. The number of carbonyl (C=O) groups excluding carboxylic acids is 1. The number of rotatable bonds is 9. The van der Waals surface area contributed by atoms with Gasteiger partial charge in [0.05, 0.1) is 5.75 Å². The van der Waals surface area contributed by atoms with E-state index in [9.17, 15) is 4.79 Å². The fraction of sp³-hybridized carbons (Fsp3) is 0.308. The Labute approximate surface area is 204 Å². The number of benzene rings is 2. The van der Waals surface area contributed by atoms with Gasteiger partial charge >= 0.3 is 0 Å². The van der Waals surface area contributed by atoms with Crippen LogP contribution in [0, 0.1) is 0 Å². The summed E-state index contributed by atoms with van der Waals surface area (Å²) in [7, 11) is 0. The first-order valence-corrected chi connectivity index (χ1v) is 12.4. The third-order valence-corrected chi connectivity index (χ3v) is 6.28. The molecule has 8 heteroatoms. The van der Waals surface area contributed by atoms with Crippen molar-refractivity contribution in [1.29, 1.82) is 0 Å². The van der Waals surface area contributed by atoms with Gasteiger partial charge in [-0.2, -0.15) is 0 Å². The molecule has 0 fully saturated rings. The van der Waals surface area contributed by atoms with E-state index in [4.69, 9.17) is 4.42 Å². The number of hydrogen-bond donors (Lipinski definition) is 0. The lowest BCUT2D eigenvalue weighted by Gasteiger charge is -2.29. The minimum absolute atomic E-state index is 0.0782. The van der Waals surface area contributed by atoms with E-state index in [1.165, 1.54) is 23.6 Å². The third-order valence-electron chi connectivity index (χ3n) is 5.36. The zero-order valence-corrected chi connectivity index (χ0v) is 20.7. The van der Waals surface area contributed by atoms with Gasteiger partial charge in [-0.25, -0.2) is 4.98 Å². The summed E-state index contributed by atoms with van der Waals surface area (Å²) >= 11 is 1.48. The number of amides is 1. The van der Waals surface area contributed by atoms with Crippen LogP contribution >= 0.6 is 11.8 Å². The van der Waals surface area contributed by atoms with E-state index in [0.29, 0.717) is 23.8 Å². The van der Waals surface area contributed by atoms with Gasteiger partial charge in [0.1, 0.15) is 12.1 Å². The van der Waals surface area contributed by atoms with Crippen molar-refractivity contribution in [2.45, 2.75) is 57.1 Å². The molecule has 2 aromatic carbocycles. The van der Waals surface area contributed by atoms with Gasteiger partial charge in [0.2, 0.25) is 5.89 Å². The lowest BCUT2D eigenvalue weighted by molar-refractivity contribution is 0.0637. The fourth-order valence-electron chi connectivity index (χ4n) is 3.92. The Hall–Kier alpha value is -3.39. The maximum absolute atomic E-state index is 12.9. The highest BCUT2D eigenvalue weighted by atomic mass is 32.2. The molecule has 176 valence electrons. The Morgan fingerprint density at radius 1 is 0.971 bits per heavy atom. The topological polar surface area (TPSA) is 77.0 Å². The van der Waals surface area contributed by atoms with Crippen LogP contribution in [0.4, 0.5) is 0 Å². The molecule has 0 aliphatic heterocycles. The summed E-state index contributed by atoms with van der Waals surface area (Å²) in [4.78, 5) is 19.2. The van der Waals surface area contributed by atoms with E-state index in [1.54, 1.807) is 4.90 Å². The molecule has 0 N–H and O–H groups in total. The molecule has 0 spiro atoms. The van der Waals surface area contributed by atoms with Gasteiger partial charge in [-0.1, -0.05) is 60.3 Å². The molecule has 4 rings (SSSR count). The van der Waals surface area contributed by atoms with Crippen molar-refractivity contribution < 1.29 is 9.21 Å². The molecule has 0 aliphatic rings. The summed E-state index contributed by atoms with van der Waals surface area (Å²) in [6, 6.07) is 20.4. The quantitative estimate of drug-likeness (QED) is 0.302. The summed E-state index contributed by atoms with van der Waals surface area (Å²) < 4.78 is 7.69. The molecule has 0 atom stereocenters. The minimum Gasteiger partial charge on any atom is -0.447 e. The molecular weight excluding hydrogens is 446 g/mol. The lowest BCUT2D eigenvalue weighted by Crippen LogP contribution is -2.42. The summed E-state index contributed by atoms with van der Waals surface area (Å²) in [6.07, 6.45) is 2.11. The average Bonchev–Trinajstić information content (AvgIpc) is 3.45. The number of aromatic nitrogens is 4. The summed E-state index contributed by atoms with van der Waals surface area (Å²) in [5, 5.41) is 9.67. The van der Waals surface area contributed by atoms with E-state index in [-0.39, 0.29) is 18.0 Å². The Bertz CT molecular complexity index is 1210. The Morgan fingerprint density at radius 2 is 1.62 bits per heavy atom. The highest BCUT2D eigenvalue weighted by Gasteiger charge is 2.25. The Kier molecular flexibility index (Phi) is 7.47. The predicted molar refractivity (Wildman–Crippen MR) is 133 cm³/mol. The number of nitrogens with zero attached hydrogens (tertiary/aromatic N) is 5. The first kappa shape index (κ1) is 23.8. The van der Waals surface area contributed by atoms with Crippen molar-refractivity contribution in [3.8, 4) is 5.69 Å². The first-order valence-electron chi connectivity index (χ1n) is 11.4. The summed E-state index contributed by atoms with van der Waals surface area (Å²) in [5.41, 5.74) is 2.49. The van der Waals surface area contributed by atoms with Crippen LogP contribution in [-0.4, -0.2) is 42.6 Å². The summed E-state index contributed by atoms with van der Waals surface area (Å²) in [6.45, 7) is 7.99. The van der Waals surface area contributed by atoms with Crippen LogP contribution in [-0.2, 0) is 12.2 Å². The predicted octanol–water partition coefficient (Wildman–Crippen LogP) is 5.40. The van der Waals surface area contributed by atoms with Gasteiger partial charge in [-0.15, -0.1) is 10.2 Å². The third kappa shape index (κ3) is 5.39. The largest absolute Gasteiger partial charge is 0.447 e. The van der Waals surface area contributed by atoms with Gasteiger partial charge in [0.25, 0.3) is 5.91 Å². The van der Waals surface area contributed by atoms with Crippen molar-refractivity contribution in [3.63, 3.8) is 0 Å². The van der Waals surface area contributed by atoms with E-state index < -0.39 is 0 Å². The summed E-state index contributed by atoms with van der Waals surface area (Å²) in [5.74, 6) is 1.65. The molecule has 2 heterocycles. The number of oxazole rings is 1. The standard InChI is InChI=1S/C26H29N5O2S/c1-18(2)30(19(3)4)25(32)22-16-33-24(27-22)17-34-26-29-28-23(15-20-11-7-5-8-12-20)31(26)21-13-9-6-10-14-21/h5-14,16,18-19H,15,17H2,1-4H3. The van der Waals surface area contributed by atoms with Crippen molar-refractivity contribution in [1.82, 2.24) is 24.6 Å². The number of para-hydroxylation sites is 1. The first-order chi connectivity index (χ1) is 16.4. The van der Waals surface area contributed by atoms with Gasteiger partial charge in [-0.3, -0.25) is 9.36 Å². The molecule has 0 saturated carbocycles. The maximum atomic E-state index is 12.9. The van der Waals surface area contributed by atoms with Crippen LogP contribution in [0.15, 0.2) is 76.5 Å². The molecule has 0 saturated heterocycles. The Morgan fingerprint density at radius 3 is 2.26 bits per heavy atom. The monoisotopic (exact) mass is 475 g/mol. The average molecular weight is 476 g/mol. The van der Waals surface area contributed by atoms with E-state index >= 15 is 0 Å². The number of carbonyl (C=O) groups is 1. The molecule has 1 amide bonds. The molecule has 4 aromatic rings. The van der Waals surface area contributed by atoms with Gasteiger partial charge in [0, 0.05) is 24.2 Å². The highest BCUT2D eigenvalue weighted by molar-refractivity contribution is 7.98. The van der Waals surface area contributed by atoms with Gasteiger partial charge in [0.15, 0.2) is 10.9 Å². The van der Waals surface area contributed by atoms with Crippen LogP contribution in [0.2, 0.25) is 0 Å². The van der Waals surface area contributed by atoms with E-state index in [0.717, 1.165) is 16.7 Å². The van der Waals surface area contributed by atoms with Crippen LogP contribution < -0.4 is 0 Å². The van der Waals surface area contributed by atoms with Crippen LogP contribution in [0.3, 0.4) is 0 Å². The smallest absolute Gasteiger partial charge is 0.276 e. The maximum Gasteiger partial charge on any atom is 0.276 e. The Balaban J connectivity index is 1.54. The molecule has 34 heavy (non-hydrogen) atoms. The molecule has 0 radical (unpaired) electrons. The molecule has 7 nitrogen and oxygen atoms in total. The van der Waals surface area contributed by atoms with Crippen molar-refractivity contribution in [2.24, 2.45) is 0 Å². The van der Waals surface area contributed by atoms with Crippen LogP contribution in [0.5, 0.6) is 0 Å². The second kappa shape index (κ2) is 10.7. The van der Waals surface area contributed by atoms with Crippen molar-refractivity contribution >= 4 is 17.7 Å². The minimum atomic E-state index is -0.123. The van der Waals surface area contributed by atoms with Crippen molar-refractivity contribution in [2.75, 3.05) is 0 Å².